The van der Waals surface area contributed by atoms with Crippen LogP contribution >= 0.6 is 11.6 Å². The van der Waals surface area contributed by atoms with Gasteiger partial charge in [0, 0.05) is 5.02 Å². The van der Waals surface area contributed by atoms with Gasteiger partial charge in [-0.1, -0.05) is 11.6 Å². The Morgan fingerprint density at radius 1 is 1.48 bits per heavy atom. The summed E-state index contributed by atoms with van der Waals surface area (Å²) in [6, 6.07) is 7.40. The summed E-state index contributed by atoms with van der Waals surface area (Å²) in [5.41, 5.74) is -0.0522. The Hall–Kier alpha value is -2.26. The number of carbonyl (C=O) groups is 2. The standard InChI is InChI=1S/C18H19ClN2O4/c1-18(10-20,13-2-3-13)21-16(22)9-25-17(23)12-6-11-7-14(19)4-5-15(11)24-8-12/h4-5,7,12-13H,2-3,6,8-9H2,1H3,(H,21,22)/t12-,18-/m1/s1. The third-order valence-corrected chi connectivity index (χ3v) is 4.87. The number of hydrogen-bond donors (Lipinski definition) is 1. The van der Waals surface area contributed by atoms with Crippen LogP contribution in [-0.4, -0.2) is 30.6 Å². The summed E-state index contributed by atoms with van der Waals surface area (Å²) < 4.78 is 10.7. The summed E-state index contributed by atoms with van der Waals surface area (Å²) in [5.74, 6) is -0.564. The average molecular weight is 363 g/mol. The Kier molecular flexibility index (Phi) is 4.87. The number of ether oxygens (including phenoxy) is 2. The number of esters is 1. The minimum Gasteiger partial charge on any atom is -0.492 e. The van der Waals surface area contributed by atoms with Crippen molar-refractivity contribution in [3.05, 3.63) is 28.8 Å². The Bertz CT molecular complexity index is 741. The molecule has 2 atom stereocenters. The van der Waals surface area contributed by atoms with E-state index in [-0.39, 0.29) is 12.5 Å². The van der Waals surface area contributed by atoms with E-state index in [1.165, 1.54) is 0 Å². The molecule has 132 valence electrons. The zero-order valence-electron chi connectivity index (χ0n) is 13.9. The van der Waals surface area contributed by atoms with E-state index < -0.39 is 29.9 Å². The molecule has 1 amide bonds. The Morgan fingerprint density at radius 2 is 2.24 bits per heavy atom. The van der Waals surface area contributed by atoms with Gasteiger partial charge in [-0.05, 0) is 55.9 Å². The highest BCUT2D eigenvalue weighted by molar-refractivity contribution is 6.30. The van der Waals surface area contributed by atoms with Crippen LogP contribution in [-0.2, 0) is 20.7 Å². The zero-order valence-corrected chi connectivity index (χ0v) is 14.6. The largest absolute Gasteiger partial charge is 0.492 e. The van der Waals surface area contributed by atoms with Crippen molar-refractivity contribution < 1.29 is 19.1 Å². The number of halogens is 1. The zero-order chi connectivity index (χ0) is 18.0. The van der Waals surface area contributed by atoms with Crippen LogP contribution in [0.15, 0.2) is 18.2 Å². The van der Waals surface area contributed by atoms with E-state index in [0.717, 1.165) is 18.4 Å². The van der Waals surface area contributed by atoms with Crippen molar-refractivity contribution in [2.45, 2.75) is 31.7 Å². The molecule has 2 aliphatic rings. The number of nitrogens with one attached hydrogen (secondary N) is 1. The molecule has 6 nitrogen and oxygen atoms in total. The first kappa shape index (κ1) is 17.6. The van der Waals surface area contributed by atoms with Crippen LogP contribution in [0.25, 0.3) is 0 Å². The van der Waals surface area contributed by atoms with Crippen LogP contribution in [0.3, 0.4) is 0 Å². The minimum absolute atomic E-state index is 0.171. The molecule has 1 aromatic rings. The van der Waals surface area contributed by atoms with Crippen molar-refractivity contribution in [2.24, 2.45) is 11.8 Å². The molecular weight excluding hydrogens is 344 g/mol. The molecule has 1 heterocycles. The van der Waals surface area contributed by atoms with Crippen LogP contribution in [0, 0.1) is 23.2 Å². The lowest BCUT2D eigenvalue weighted by molar-refractivity contribution is -0.154. The van der Waals surface area contributed by atoms with Crippen LogP contribution in [0.4, 0.5) is 0 Å². The molecule has 3 rings (SSSR count). The summed E-state index contributed by atoms with van der Waals surface area (Å²) in [5, 5.41) is 12.5. The van der Waals surface area contributed by atoms with Crippen LogP contribution in [0.5, 0.6) is 5.75 Å². The van der Waals surface area contributed by atoms with E-state index in [1.807, 2.05) is 0 Å². The highest BCUT2D eigenvalue weighted by atomic mass is 35.5. The Balaban J connectivity index is 1.51. The quantitative estimate of drug-likeness (QED) is 0.811. The van der Waals surface area contributed by atoms with Gasteiger partial charge in [0.05, 0.1) is 12.0 Å². The van der Waals surface area contributed by atoms with E-state index in [1.54, 1.807) is 25.1 Å². The van der Waals surface area contributed by atoms with Crippen molar-refractivity contribution in [2.75, 3.05) is 13.2 Å². The fourth-order valence-electron chi connectivity index (χ4n) is 2.98. The predicted octanol–water partition coefficient (Wildman–Crippen LogP) is 2.24. The monoisotopic (exact) mass is 362 g/mol. The first-order chi connectivity index (χ1) is 11.9. The second-order valence-corrected chi connectivity index (χ2v) is 7.14. The van der Waals surface area contributed by atoms with Crippen molar-refractivity contribution in [3.63, 3.8) is 0 Å². The number of rotatable bonds is 5. The van der Waals surface area contributed by atoms with Crippen molar-refractivity contribution >= 4 is 23.5 Å². The molecule has 1 aliphatic carbocycles. The fraction of sp³-hybridized carbons (Fsp3) is 0.500. The van der Waals surface area contributed by atoms with E-state index in [9.17, 15) is 14.9 Å². The molecule has 25 heavy (non-hydrogen) atoms. The Morgan fingerprint density at radius 3 is 2.92 bits per heavy atom. The van der Waals surface area contributed by atoms with Gasteiger partial charge in [-0.3, -0.25) is 9.59 Å². The maximum absolute atomic E-state index is 12.2. The minimum atomic E-state index is -0.896. The summed E-state index contributed by atoms with van der Waals surface area (Å²) >= 11 is 5.96. The number of hydrogen-bond acceptors (Lipinski definition) is 5. The second kappa shape index (κ2) is 6.93. The molecular formula is C18H19ClN2O4. The molecule has 0 bridgehead atoms. The van der Waals surface area contributed by atoms with Gasteiger partial charge >= 0.3 is 5.97 Å². The third-order valence-electron chi connectivity index (χ3n) is 4.63. The van der Waals surface area contributed by atoms with Crippen molar-refractivity contribution in [1.29, 1.82) is 5.26 Å². The van der Waals surface area contributed by atoms with E-state index in [4.69, 9.17) is 21.1 Å². The van der Waals surface area contributed by atoms with Crippen molar-refractivity contribution in [3.8, 4) is 11.8 Å². The van der Waals surface area contributed by atoms with Crippen LogP contribution in [0.1, 0.15) is 25.3 Å². The molecule has 7 heteroatoms. The highest BCUT2D eigenvalue weighted by Crippen LogP contribution is 2.39. The number of fused-ring (bicyclic) bond motifs is 1. The van der Waals surface area contributed by atoms with Gasteiger partial charge in [0.1, 0.15) is 17.9 Å². The summed E-state index contributed by atoms with van der Waals surface area (Å²) in [6.07, 6.45) is 2.30. The topological polar surface area (TPSA) is 88.4 Å². The molecule has 1 saturated carbocycles. The smallest absolute Gasteiger partial charge is 0.313 e. The number of nitrogens with zero attached hydrogens (tertiary/aromatic N) is 1. The second-order valence-electron chi connectivity index (χ2n) is 6.71. The number of carbonyl (C=O) groups excluding carboxylic acids is 2. The maximum Gasteiger partial charge on any atom is 0.313 e. The molecule has 1 fully saturated rings. The molecule has 0 saturated heterocycles. The van der Waals surface area contributed by atoms with Gasteiger partial charge in [-0.25, -0.2) is 0 Å². The molecule has 1 N–H and O–H groups in total. The molecule has 0 radical (unpaired) electrons. The van der Waals surface area contributed by atoms with Gasteiger partial charge < -0.3 is 14.8 Å². The first-order valence-corrected chi connectivity index (χ1v) is 8.59. The lowest BCUT2D eigenvalue weighted by Gasteiger charge is -2.25. The first-order valence-electron chi connectivity index (χ1n) is 8.21. The highest BCUT2D eigenvalue weighted by Gasteiger charge is 2.43. The Labute approximate surface area is 151 Å². The summed E-state index contributed by atoms with van der Waals surface area (Å²) in [4.78, 5) is 24.2. The normalized spacial score (nSPS) is 21.1. The van der Waals surface area contributed by atoms with Crippen LogP contribution in [0.2, 0.25) is 5.02 Å². The van der Waals surface area contributed by atoms with Gasteiger partial charge in [-0.15, -0.1) is 0 Å². The van der Waals surface area contributed by atoms with Crippen molar-refractivity contribution in [1.82, 2.24) is 5.32 Å². The predicted molar refractivity (Wildman–Crippen MR) is 90.0 cm³/mol. The van der Waals surface area contributed by atoms with Gasteiger partial charge in [0.15, 0.2) is 6.61 Å². The molecule has 1 aliphatic heterocycles. The van der Waals surface area contributed by atoms with Gasteiger partial charge in [-0.2, -0.15) is 5.26 Å². The molecule has 1 aromatic carbocycles. The average Bonchev–Trinajstić information content (AvgIpc) is 3.44. The fourth-order valence-corrected chi connectivity index (χ4v) is 3.17. The third kappa shape index (κ3) is 4.05. The van der Waals surface area contributed by atoms with E-state index in [2.05, 4.69) is 11.4 Å². The molecule has 0 aromatic heterocycles. The number of amides is 1. The maximum atomic E-state index is 12.2. The van der Waals surface area contributed by atoms with E-state index in [0.29, 0.717) is 17.2 Å². The molecule has 0 unspecified atom stereocenters. The van der Waals surface area contributed by atoms with Crippen LogP contribution < -0.4 is 10.1 Å². The summed E-state index contributed by atoms with van der Waals surface area (Å²) in [6.45, 7) is 1.49. The molecule has 0 spiro atoms. The SMILES string of the molecule is C[C@](C#N)(NC(=O)COC(=O)[C@H]1COc2ccc(Cl)cc2C1)C1CC1. The van der Waals surface area contributed by atoms with Gasteiger partial charge in [0.2, 0.25) is 0 Å². The number of nitriles is 1. The number of benzene rings is 1. The van der Waals surface area contributed by atoms with E-state index >= 15 is 0 Å². The van der Waals surface area contributed by atoms with Gasteiger partial charge in [0.25, 0.3) is 5.91 Å². The lowest BCUT2D eigenvalue weighted by atomic mass is 9.97. The summed E-state index contributed by atoms with van der Waals surface area (Å²) in [7, 11) is 0. The lowest BCUT2D eigenvalue weighted by Crippen LogP contribution is -2.48.